The molecule has 0 bridgehead atoms. The van der Waals surface area contributed by atoms with Crippen LogP contribution in [0.3, 0.4) is 0 Å². The molecule has 4 N–H and O–H groups in total. The van der Waals surface area contributed by atoms with Gasteiger partial charge in [0.05, 0.1) is 19.3 Å². The summed E-state index contributed by atoms with van der Waals surface area (Å²) in [5.74, 6) is 1.26. The molecule has 0 aliphatic rings. The van der Waals surface area contributed by atoms with Crippen LogP contribution in [0, 0.1) is 13.8 Å². The van der Waals surface area contributed by atoms with Crippen molar-refractivity contribution in [2.24, 2.45) is 5.73 Å². The quantitative estimate of drug-likeness (QED) is 0.0263. The Morgan fingerprint density at radius 3 is 1.93 bits per heavy atom. The van der Waals surface area contributed by atoms with Crippen LogP contribution < -0.4 is 5.73 Å². The van der Waals surface area contributed by atoms with Crippen LogP contribution in [0.25, 0.3) is 0 Å². The molecule has 3 atom stereocenters. The maximum absolute atomic E-state index is 12.6. The van der Waals surface area contributed by atoms with E-state index in [-0.39, 0.29) is 38.7 Å². The van der Waals surface area contributed by atoms with E-state index in [4.69, 9.17) is 28.7 Å². The zero-order chi connectivity index (χ0) is 40.6. The molecule has 12 heteroatoms. The van der Waals surface area contributed by atoms with E-state index in [1.165, 1.54) is 11.1 Å². The van der Waals surface area contributed by atoms with Crippen molar-refractivity contribution in [2.45, 2.75) is 162 Å². The number of ether oxygens (including phenoxy) is 2. The summed E-state index contributed by atoms with van der Waals surface area (Å²) in [6.07, 6.45) is 31.0. The Kier molecular flexibility index (Phi) is 29.5. The fourth-order valence-electron chi connectivity index (χ4n) is 5.59. The average Bonchev–Trinajstić information content (AvgIpc) is 3.43. The molecule has 11 nitrogen and oxygen atoms in total. The van der Waals surface area contributed by atoms with Crippen molar-refractivity contribution in [2.75, 3.05) is 26.4 Å². The van der Waals surface area contributed by atoms with E-state index in [1.807, 2.05) is 13.0 Å². The molecule has 0 saturated heterocycles. The summed E-state index contributed by atoms with van der Waals surface area (Å²) in [6, 6.07) is 0. The number of rotatable bonds is 34. The Hall–Kier alpha value is -2.79. The minimum absolute atomic E-state index is 0.0304. The van der Waals surface area contributed by atoms with Gasteiger partial charge in [0.2, 0.25) is 0 Å². The molecule has 0 aliphatic carbocycles. The minimum atomic E-state index is -4.41. The Morgan fingerprint density at radius 2 is 1.31 bits per heavy atom. The Balaban J connectivity index is 2.33. The van der Waals surface area contributed by atoms with Gasteiger partial charge in [0, 0.05) is 32.2 Å². The van der Waals surface area contributed by atoms with Crippen LogP contribution in [0.15, 0.2) is 53.0 Å². The van der Waals surface area contributed by atoms with Gasteiger partial charge in [-0.2, -0.15) is 0 Å². The highest BCUT2D eigenvalue weighted by Gasteiger charge is 2.26. The first-order valence-electron chi connectivity index (χ1n) is 20.6. The molecule has 0 radical (unpaired) electrons. The van der Waals surface area contributed by atoms with Gasteiger partial charge < -0.3 is 29.6 Å². The molecule has 0 amide bonds. The average molecular weight is 794 g/mol. The number of aliphatic hydroxyl groups excluding tert-OH is 1. The maximum atomic E-state index is 12.6. The molecule has 1 aromatic rings. The molecule has 1 heterocycles. The topological polar surface area (TPSA) is 168 Å². The van der Waals surface area contributed by atoms with Gasteiger partial charge in [-0.15, -0.1) is 0 Å². The van der Waals surface area contributed by atoms with Crippen molar-refractivity contribution in [1.29, 1.82) is 0 Å². The first-order valence-corrected chi connectivity index (χ1v) is 22.0. The molecular weight excluding hydrogens is 721 g/mol. The lowest BCUT2D eigenvalue weighted by Crippen LogP contribution is -2.29. The Labute approximate surface area is 331 Å². The number of carbonyl (C=O) groups excluding carboxylic acids is 2. The van der Waals surface area contributed by atoms with Gasteiger partial charge in [-0.1, -0.05) is 88.1 Å². The number of nitrogens with two attached hydrogens (primary N) is 1. The molecule has 1 rings (SSSR count). The van der Waals surface area contributed by atoms with Crippen LogP contribution >= 0.6 is 7.82 Å². The second-order valence-corrected chi connectivity index (χ2v) is 15.3. The van der Waals surface area contributed by atoms with Gasteiger partial charge in [0.25, 0.3) is 0 Å². The van der Waals surface area contributed by atoms with Crippen LogP contribution in [-0.2, 0) is 45.5 Å². The number of phosphoric acid groups is 1. The molecule has 1 aromatic heterocycles. The standard InChI is InChI=1S/C43H72NO10P/c1-5-27-40-36(3)37(4)41(54-40)29-24-20-17-18-22-26-31-43(47)53-39(35-52-55(48,49)51-33-32-44)34-50-42(46)30-25-21-16-14-12-10-8-7-9-11-13-15-19-23-28-38(45)6-2/h8-11,14-16,19,38-39,45H,5-7,12-13,17-18,20-35,44H2,1-4H3,(H,48,49)/b10-8-,11-9-,16-14-,19-15-/t38-,39+/m0/s1. The summed E-state index contributed by atoms with van der Waals surface area (Å²) in [5, 5.41) is 9.55. The third-order valence-electron chi connectivity index (χ3n) is 9.05. The lowest BCUT2D eigenvalue weighted by molar-refractivity contribution is -0.161. The summed E-state index contributed by atoms with van der Waals surface area (Å²) < 4.78 is 38.8. The van der Waals surface area contributed by atoms with Gasteiger partial charge in [0.15, 0.2) is 6.10 Å². The van der Waals surface area contributed by atoms with E-state index in [1.54, 1.807) is 0 Å². The van der Waals surface area contributed by atoms with Crippen molar-refractivity contribution in [1.82, 2.24) is 0 Å². The van der Waals surface area contributed by atoms with Crippen molar-refractivity contribution >= 4 is 19.8 Å². The monoisotopic (exact) mass is 793 g/mol. The number of phosphoric ester groups is 1. The zero-order valence-electron chi connectivity index (χ0n) is 34.2. The van der Waals surface area contributed by atoms with E-state index in [0.29, 0.717) is 19.3 Å². The summed E-state index contributed by atoms with van der Waals surface area (Å²) in [7, 11) is -4.41. The molecule has 55 heavy (non-hydrogen) atoms. The zero-order valence-corrected chi connectivity index (χ0v) is 35.1. The van der Waals surface area contributed by atoms with Gasteiger partial charge in [-0.3, -0.25) is 18.6 Å². The molecule has 0 saturated carbocycles. The van der Waals surface area contributed by atoms with Crippen molar-refractivity contribution in [3.05, 3.63) is 71.3 Å². The van der Waals surface area contributed by atoms with Crippen molar-refractivity contribution in [3.63, 3.8) is 0 Å². The maximum Gasteiger partial charge on any atom is 0.472 e. The molecule has 0 fully saturated rings. The SMILES string of the molecule is CCCc1oc(CCCCCCCCC(=O)O[C@H](COC(=O)CCC/C=C\C/C=C\C/C=C\C/C=C\CC[C@@H](O)CC)COP(=O)(O)OCCN)c(C)c1C. The lowest BCUT2D eigenvalue weighted by Gasteiger charge is -2.19. The fourth-order valence-corrected chi connectivity index (χ4v) is 6.36. The number of furan rings is 1. The van der Waals surface area contributed by atoms with Gasteiger partial charge in [0.1, 0.15) is 18.1 Å². The smallest absolute Gasteiger partial charge is 0.466 e. The number of unbranched alkanes of at least 4 members (excludes halogenated alkanes) is 6. The molecule has 314 valence electrons. The van der Waals surface area contributed by atoms with E-state index in [0.717, 1.165) is 101 Å². The normalized spacial score (nSPS) is 14.4. The van der Waals surface area contributed by atoms with Crippen LogP contribution in [0.1, 0.15) is 146 Å². The van der Waals surface area contributed by atoms with Crippen LogP contribution in [0.4, 0.5) is 0 Å². The van der Waals surface area contributed by atoms with Gasteiger partial charge in [-0.25, -0.2) is 4.57 Å². The van der Waals surface area contributed by atoms with Gasteiger partial charge >= 0.3 is 19.8 Å². The van der Waals surface area contributed by atoms with E-state index in [9.17, 15) is 24.2 Å². The van der Waals surface area contributed by atoms with Crippen molar-refractivity contribution in [3.8, 4) is 0 Å². The third-order valence-corrected chi connectivity index (χ3v) is 10.0. The molecule has 0 aliphatic heterocycles. The third kappa shape index (κ3) is 26.7. The number of carbonyl (C=O) groups is 2. The largest absolute Gasteiger partial charge is 0.472 e. The highest BCUT2D eigenvalue weighted by Crippen LogP contribution is 2.43. The first-order chi connectivity index (χ1) is 26.5. The number of hydrogen-bond donors (Lipinski definition) is 3. The highest BCUT2D eigenvalue weighted by atomic mass is 31.2. The Morgan fingerprint density at radius 1 is 0.745 bits per heavy atom. The van der Waals surface area contributed by atoms with E-state index >= 15 is 0 Å². The lowest BCUT2D eigenvalue weighted by atomic mass is 10.0. The second-order valence-electron chi connectivity index (χ2n) is 13.9. The molecule has 0 aromatic carbocycles. The Bertz CT molecular complexity index is 1330. The highest BCUT2D eigenvalue weighted by molar-refractivity contribution is 7.47. The van der Waals surface area contributed by atoms with E-state index in [2.05, 4.69) is 63.3 Å². The summed E-state index contributed by atoms with van der Waals surface area (Å²) >= 11 is 0. The van der Waals surface area contributed by atoms with Crippen LogP contribution in [0.5, 0.6) is 0 Å². The van der Waals surface area contributed by atoms with Gasteiger partial charge in [-0.05, 0) is 95.6 Å². The molecule has 0 spiro atoms. The number of aliphatic hydroxyl groups is 1. The van der Waals surface area contributed by atoms with Crippen molar-refractivity contribution < 1.29 is 47.1 Å². The number of allylic oxidation sites excluding steroid dienone is 8. The minimum Gasteiger partial charge on any atom is -0.466 e. The van der Waals surface area contributed by atoms with Crippen LogP contribution in [0.2, 0.25) is 0 Å². The summed E-state index contributed by atoms with van der Waals surface area (Å²) in [5.41, 5.74) is 7.89. The second kappa shape index (κ2) is 32.3. The van der Waals surface area contributed by atoms with E-state index < -0.39 is 32.5 Å². The number of hydrogen-bond acceptors (Lipinski definition) is 10. The summed E-state index contributed by atoms with van der Waals surface area (Å²) in [4.78, 5) is 34.9. The molecule has 1 unspecified atom stereocenters. The first kappa shape index (κ1) is 50.2. The number of esters is 2. The predicted octanol–water partition coefficient (Wildman–Crippen LogP) is 9.79. The summed E-state index contributed by atoms with van der Waals surface area (Å²) in [6.45, 7) is 7.50. The fraction of sp³-hybridized carbons (Fsp3) is 0.674. The molecular formula is C43H72NO10P. The number of aryl methyl sites for hydroxylation is 2. The predicted molar refractivity (Wildman–Crippen MR) is 220 cm³/mol. The van der Waals surface area contributed by atoms with Crippen LogP contribution in [-0.4, -0.2) is 60.5 Å².